The molecule has 3 rings (SSSR count). The van der Waals surface area contributed by atoms with Gasteiger partial charge in [-0.25, -0.2) is 4.39 Å². The Kier molecular flexibility index (Phi) is 3.51. The molecule has 0 saturated carbocycles. The molecular formula is C15H12FN3O2. The second-order valence-corrected chi connectivity index (χ2v) is 4.40. The first kappa shape index (κ1) is 13.1. The van der Waals surface area contributed by atoms with E-state index in [9.17, 15) is 4.39 Å². The van der Waals surface area contributed by atoms with E-state index in [1.165, 1.54) is 12.1 Å². The zero-order valence-corrected chi connectivity index (χ0v) is 11.0. The quantitative estimate of drug-likeness (QED) is 0.770. The van der Waals surface area contributed by atoms with Gasteiger partial charge in [-0.1, -0.05) is 23.4 Å². The number of benzene rings is 2. The van der Waals surface area contributed by atoms with E-state index in [4.69, 9.17) is 9.63 Å². The maximum absolute atomic E-state index is 13.3. The molecule has 0 saturated heterocycles. The van der Waals surface area contributed by atoms with Gasteiger partial charge in [-0.15, -0.1) is 0 Å². The molecule has 0 spiro atoms. The van der Waals surface area contributed by atoms with Crippen LogP contribution in [-0.2, 0) is 6.54 Å². The van der Waals surface area contributed by atoms with Crippen molar-refractivity contribution in [3.05, 3.63) is 60.2 Å². The van der Waals surface area contributed by atoms with E-state index >= 15 is 0 Å². The molecule has 0 fully saturated rings. The third kappa shape index (κ3) is 3.00. The van der Waals surface area contributed by atoms with E-state index in [0.29, 0.717) is 18.0 Å². The molecule has 0 aliphatic rings. The largest absolute Gasteiger partial charge is 0.505 e. The highest BCUT2D eigenvalue weighted by atomic mass is 19.1. The molecule has 0 atom stereocenters. The van der Waals surface area contributed by atoms with Gasteiger partial charge in [0.15, 0.2) is 11.6 Å². The van der Waals surface area contributed by atoms with Gasteiger partial charge in [-0.05, 0) is 30.3 Å². The zero-order chi connectivity index (χ0) is 14.7. The lowest BCUT2D eigenvalue weighted by molar-refractivity contribution is 0.384. The molecule has 0 aliphatic heterocycles. The van der Waals surface area contributed by atoms with Crippen LogP contribution in [0, 0.1) is 5.82 Å². The fourth-order valence-electron chi connectivity index (χ4n) is 1.82. The number of phenolic OH excluding ortho intramolecular Hbond substituents is 1. The standard InChI is InChI=1S/C15H12FN3O2/c16-12-8-10(6-7-13(12)20)15-18-14(21-19-15)9-17-11-4-2-1-3-5-11/h1-8,17,20H,9H2. The van der Waals surface area contributed by atoms with Crippen LogP contribution in [0.25, 0.3) is 11.4 Å². The van der Waals surface area contributed by atoms with Crippen LogP contribution < -0.4 is 5.32 Å². The number of para-hydroxylation sites is 1. The Bertz CT molecular complexity index is 744. The topological polar surface area (TPSA) is 71.2 Å². The van der Waals surface area contributed by atoms with Gasteiger partial charge in [0, 0.05) is 11.3 Å². The molecule has 3 aromatic rings. The zero-order valence-electron chi connectivity index (χ0n) is 11.0. The molecule has 5 nitrogen and oxygen atoms in total. The van der Waals surface area contributed by atoms with Crippen LogP contribution in [0.2, 0.25) is 0 Å². The predicted molar refractivity (Wildman–Crippen MR) is 75.1 cm³/mol. The number of nitrogens with one attached hydrogen (secondary N) is 1. The Hall–Kier alpha value is -2.89. The molecule has 0 amide bonds. The van der Waals surface area contributed by atoms with Crippen LogP contribution in [0.1, 0.15) is 5.89 Å². The minimum atomic E-state index is -0.721. The molecule has 6 heteroatoms. The Morgan fingerprint density at radius 3 is 2.71 bits per heavy atom. The second kappa shape index (κ2) is 5.62. The minimum absolute atomic E-state index is 0.277. The van der Waals surface area contributed by atoms with E-state index in [2.05, 4.69) is 15.5 Å². The number of halogens is 1. The van der Waals surface area contributed by atoms with E-state index in [1.807, 2.05) is 30.3 Å². The van der Waals surface area contributed by atoms with Gasteiger partial charge < -0.3 is 14.9 Å². The monoisotopic (exact) mass is 285 g/mol. The fraction of sp³-hybridized carbons (Fsp3) is 0.0667. The first-order chi connectivity index (χ1) is 10.2. The summed E-state index contributed by atoms with van der Waals surface area (Å²) in [4.78, 5) is 4.18. The number of hydrogen-bond donors (Lipinski definition) is 2. The van der Waals surface area contributed by atoms with Crippen LogP contribution in [0.5, 0.6) is 5.75 Å². The van der Waals surface area contributed by atoms with Crippen LogP contribution >= 0.6 is 0 Å². The molecule has 106 valence electrons. The van der Waals surface area contributed by atoms with Gasteiger partial charge in [0.25, 0.3) is 0 Å². The molecule has 2 N–H and O–H groups in total. The fourth-order valence-corrected chi connectivity index (χ4v) is 1.82. The summed E-state index contributed by atoms with van der Waals surface area (Å²) >= 11 is 0. The van der Waals surface area contributed by atoms with Gasteiger partial charge >= 0.3 is 0 Å². The van der Waals surface area contributed by atoms with Crippen molar-refractivity contribution in [2.75, 3.05) is 5.32 Å². The maximum Gasteiger partial charge on any atom is 0.246 e. The van der Waals surface area contributed by atoms with Crippen molar-refractivity contribution < 1.29 is 14.0 Å². The van der Waals surface area contributed by atoms with Crippen molar-refractivity contribution in [3.63, 3.8) is 0 Å². The highest BCUT2D eigenvalue weighted by Crippen LogP contribution is 2.22. The summed E-state index contributed by atoms with van der Waals surface area (Å²) in [6.07, 6.45) is 0. The molecule has 0 bridgehead atoms. The number of anilines is 1. The highest BCUT2D eigenvalue weighted by molar-refractivity contribution is 5.56. The number of aromatic nitrogens is 2. The number of aromatic hydroxyl groups is 1. The van der Waals surface area contributed by atoms with Gasteiger partial charge in [0.2, 0.25) is 11.7 Å². The average molecular weight is 285 g/mol. The van der Waals surface area contributed by atoms with Crippen LogP contribution in [-0.4, -0.2) is 15.2 Å². The van der Waals surface area contributed by atoms with Crippen LogP contribution in [0.3, 0.4) is 0 Å². The Morgan fingerprint density at radius 2 is 1.95 bits per heavy atom. The van der Waals surface area contributed by atoms with E-state index in [1.54, 1.807) is 0 Å². The first-order valence-corrected chi connectivity index (χ1v) is 6.33. The number of nitrogens with zero attached hydrogens (tertiary/aromatic N) is 2. The number of phenols is 1. The molecule has 2 aromatic carbocycles. The third-order valence-corrected chi connectivity index (χ3v) is 2.89. The lowest BCUT2D eigenvalue weighted by atomic mass is 10.2. The summed E-state index contributed by atoms with van der Waals surface area (Å²) in [7, 11) is 0. The minimum Gasteiger partial charge on any atom is -0.505 e. The molecule has 0 aliphatic carbocycles. The summed E-state index contributed by atoms with van der Waals surface area (Å²) < 4.78 is 18.4. The summed E-state index contributed by atoms with van der Waals surface area (Å²) in [5, 5.41) is 16.1. The second-order valence-electron chi connectivity index (χ2n) is 4.40. The van der Waals surface area contributed by atoms with E-state index in [-0.39, 0.29) is 5.82 Å². The number of rotatable bonds is 4. The maximum atomic E-state index is 13.3. The normalized spacial score (nSPS) is 10.5. The molecule has 1 heterocycles. The molecule has 1 aromatic heterocycles. The van der Waals surface area contributed by atoms with Crippen molar-refractivity contribution in [1.29, 1.82) is 0 Å². The smallest absolute Gasteiger partial charge is 0.246 e. The molecule has 0 radical (unpaired) electrons. The average Bonchev–Trinajstić information content (AvgIpc) is 2.98. The van der Waals surface area contributed by atoms with Gasteiger partial charge in [-0.3, -0.25) is 0 Å². The van der Waals surface area contributed by atoms with E-state index in [0.717, 1.165) is 11.8 Å². The van der Waals surface area contributed by atoms with Gasteiger partial charge in [0.1, 0.15) is 0 Å². The molecular weight excluding hydrogens is 273 g/mol. The first-order valence-electron chi connectivity index (χ1n) is 6.33. The number of hydrogen-bond acceptors (Lipinski definition) is 5. The van der Waals surface area contributed by atoms with Crippen molar-refractivity contribution in [2.24, 2.45) is 0 Å². The predicted octanol–water partition coefficient (Wildman–Crippen LogP) is 3.19. The SMILES string of the molecule is Oc1ccc(-c2noc(CNc3ccccc3)n2)cc1F. The van der Waals surface area contributed by atoms with Crippen LogP contribution in [0.15, 0.2) is 53.1 Å². The summed E-state index contributed by atoms with van der Waals surface area (Å²) in [6.45, 7) is 0.373. The Labute approximate surface area is 120 Å². The van der Waals surface area contributed by atoms with Crippen LogP contribution in [0.4, 0.5) is 10.1 Å². The third-order valence-electron chi connectivity index (χ3n) is 2.89. The Morgan fingerprint density at radius 1 is 1.14 bits per heavy atom. The van der Waals surface area contributed by atoms with E-state index < -0.39 is 11.6 Å². The van der Waals surface area contributed by atoms with Crippen molar-refractivity contribution in [2.45, 2.75) is 6.54 Å². The summed E-state index contributed by atoms with van der Waals surface area (Å²) in [5.41, 5.74) is 1.38. The van der Waals surface area contributed by atoms with Crippen molar-refractivity contribution in [3.8, 4) is 17.1 Å². The lowest BCUT2D eigenvalue weighted by Gasteiger charge is -2.01. The lowest BCUT2D eigenvalue weighted by Crippen LogP contribution is -1.99. The van der Waals surface area contributed by atoms with Crippen molar-refractivity contribution >= 4 is 5.69 Å². The van der Waals surface area contributed by atoms with Crippen molar-refractivity contribution in [1.82, 2.24) is 10.1 Å². The molecule has 0 unspecified atom stereocenters. The van der Waals surface area contributed by atoms with Gasteiger partial charge in [-0.2, -0.15) is 4.98 Å². The highest BCUT2D eigenvalue weighted by Gasteiger charge is 2.10. The summed E-state index contributed by atoms with van der Waals surface area (Å²) in [6, 6.07) is 13.5. The summed E-state index contributed by atoms with van der Waals surface area (Å²) in [5.74, 6) is -0.462. The molecule has 21 heavy (non-hydrogen) atoms. The van der Waals surface area contributed by atoms with Gasteiger partial charge in [0.05, 0.1) is 6.54 Å². The Balaban J connectivity index is 1.72.